The lowest BCUT2D eigenvalue weighted by Gasteiger charge is -2.21. The van der Waals surface area contributed by atoms with Crippen molar-refractivity contribution >= 4 is 5.69 Å². The number of ether oxygens (including phenoxy) is 1. The molecule has 0 aliphatic carbocycles. The number of para-hydroxylation sites is 1. The van der Waals surface area contributed by atoms with Crippen LogP contribution in [0.2, 0.25) is 0 Å². The average Bonchev–Trinajstić information content (AvgIpc) is 2.71. The minimum Gasteiger partial charge on any atom is -0.495 e. The van der Waals surface area contributed by atoms with Gasteiger partial charge in [0.15, 0.2) is 0 Å². The lowest BCUT2D eigenvalue weighted by Crippen LogP contribution is -2.14. The van der Waals surface area contributed by atoms with E-state index in [2.05, 4.69) is 38.2 Å². The third kappa shape index (κ3) is 2.41. The molecule has 2 rings (SSSR count). The molecule has 0 saturated carbocycles. The van der Waals surface area contributed by atoms with Gasteiger partial charge < -0.3 is 10.1 Å². The van der Waals surface area contributed by atoms with Crippen LogP contribution in [0, 0.1) is 11.8 Å². The summed E-state index contributed by atoms with van der Waals surface area (Å²) in [4.78, 5) is 0. The Labute approximate surface area is 104 Å². The minimum absolute atomic E-state index is 0.627. The van der Waals surface area contributed by atoms with Crippen molar-refractivity contribution in [3.05, 3.63) is 23.8 Å². The van der Waals surface area contributed by atoms with E-state index < -0.39 is 0 Å². The number of fused-ring (bicyclic) bond motifs is 1. The van der Waals surface area contributed by atoms with E-state index in [1.165, 1.54) is 17.7 Å². The van der Waals surface area contributed by atoms with Crippen LogP contribution in [0.25, 0.3) is 0 Å². The molecule has 1 heterocycles. The molecule has 1 aromatic carbocycles. The molecule has 94 valence electrons. The molecule has 1 N–H and O–H groups in total. The van der Waals surface area contributed by atoms with Crippen molar-refractivity contribution in [1.82, 2.24) is 0 Å². The van der Waals surface area contributed by atoms with Gasteiger partial charge in [-0.05, 0) is 29.9 Å². The van der Waals surface area contributed by atoms with Gasteiger partial charge in [-0.2, -0.15) is 0 Å². The molecule has 1 aliphatic rings. The van der Waals surface area contributed by atoms with E-state index in [-0.39, 0.29) is 0 Å². The van der Waals surface area contributed by atoms with Crippen molar-refractivity contribution in [1.29, 1.82) is 0 Å². The maximum Gasteiger partial charge on any atom is 0.142 e. The van der Waals surface area contributed by atoms with Crippen LogP contribution in [0.15, 0.2) is 18.2 Å². The molecule has 0 saturated heterocycles. The van der Waals surface area contributed by atoms with Crippen LogP contribution in [-0.2, 0) is 0 Å². The van der Waals surface area contributed by atoms with Crippen LogP contribution in [0.3, 0.4) is 0 Å². The van der Waals surface area contributed by atoms with E-state index >= 15 is 0 Å². The lowest BCUT2D eigenvalue weighted by molar-refractivity contribution is 0.388. The Hall–Kier alpha value is -1.18. The van der Waals surface area contributed by atoms with E-state index in [1.807, 2.05) is 6.07 Å². The second-order valence-electron chi connectivity index (χ2n) is 5.52. The van der Waals surface area contributed by atoms with Crippen LogP contribution in [0.4, 0.5) is 5.69 Å². The van der Waals surface area contributed by atoms with E-state index in [0.717, 1.165) is 24.1 Å². The van der Waals surface area contributed by atoms with Gasteiger partial charge in [0.25, 0.3) is 0 Å². The Morgan fingerprint density at radius 3 is 2.76 bits per heavy atom. The summed E-state index contributed by atoms with van der Waals surface area (Å²) in [7, 11) is 1.74. The van der Waals surface area contributed by atoms with Crippen molar-refractivity contribution in [3.63, 3.8) is 0 Å². The fraction of sp³-hybridized carbons (Fsp3) is 0.600. The largest absolute Gasteiger partial charge is 0.495 e. The summed E-state index contributed by atoms with van der Waals surface area (Å²) >= 11 is 0. The first-order valence-corrected chi connectivity index (χ1v) is 6.54. The zero-order valence-electron chi connectivity index (χ0n) is 11.3. The van der Waals surface area contributed by atoms with E-state index in [1.54, 1.807) is 7.11 Å². The number of anilines is 1. The molecule has 0 aromatic heterocycles. The topological polar surface area (TPSA) is 21.3 Å². The number of hydrogen-bond acceptors (Lipinski definition) is 2. The Morgan fingerprint density at radius 2 is 2.12 bits per heavy atom. The van der Waals surface area contributed by atoms with Gasteiger partial charge in [-0.15, -0.1) is 0 Å². The predicted molar refractivity (Wildman–Crippen MR) is 72.8 cm³/mol. The van der Waals surface area contributed by atoms with Gasteiger partial charge in [0, 0.05) is 12.5 Å². The summed E-state index contributed by atoms with van der Waals surface area (Å²) in [5, 5.41) is 3.50. The number of rotatable bonds is 4. The number of methoxy groups -OCH3 is 1. The van der Waals surface area contributed by atoms with Gasteiger partial charge in [-0.1, -0.05) is 32.9 Å². The van der Waals surface area contributed by atoms with Crippen molar-refractivity contribution in [2.45, 2.75) is 33.1 Å². The standard InChI is InChI=1S/C15H23NO/c1-10(2)8-11(3)13-9-16-15-12(13)6-5-7-14(15)17-4/h5-7,10-11,13,16H,8-9H2,1-4H3. The molecule has 2 heteroatoms. The highest BCUT2D eigenvalue weighted by molar-refractivity contribution is 5.66. The Balaban J connectivity index is 2.22. The highest BCUT2D eigenvalue weighted by Gasteiger charge is 2.29. The van der Waals surface area contributed by atoms with Crippen LogP contribution < -0.4 is 10.1 Å². The quantitative estimate of drug-likeness (QED) is 0.852. The van der Waals surface area contributed by atoms with Crippen molar-refractivity contribution < 1.29 is 4.74 Å². The molecule has 2 unspecified atom stereocenters. The maximum atomic E-state index is 5.40. The highest BCUT2D eigenvalue weighted by atomic mass is 16.5. The lowest BCUT2D eigenvalue weighted by atomic mass is 9.83. The number of nitrogens with one attached hydrogen (secondary N) is 1. The molecule has 0 bridgehead atoms. The van der Waals surface area contributed by atoms with Gasteiger partial charge in [-0.25, -0.2) is 0 Å². The first kappa shape index (κ1) is 12.3. The van der Waals surface area contributed by atoms with Gasteiger partial charge >= 0.3 is 0 Å². The van der Waals surface area contributed by atoms with Gasteiger partial charge in [0.05, 0.1) is 12.8 Å². The molecule has 17 heavy (non-hydrogen) atoms. The molecule has 0 fully saturated rings. The van der Waals surface area contributed by atoms with Crippen LogP contribution >= 0.6 is 0 Å². The predicted octanol–water partition coefficient (Wildman–Crippen LogP) is 3.89. The zero-order chi connectivity index (χ0) is 12.4. The van der Waals surface area contributed by atoms with Gasteiger partial charge in [0.2, 0.25) is 0 Å². The summed E-state index contributed by atoms with van der Waals surface area (Å²) in [6.45, 7) is 8.00. The summed E-state index contributed by atoms with van der Waals surface area (Å²) in [5.41, 5.74) is 2.63. The van der Waals surface area contributed by atoms with E-state index in [9.17, 15) is 0 Å². The summed E-state index contributed by atoms with van der Waals surface area (Å²) in [6.07, 6.45) is 1.28. The van der Waals surface area contributed by atoms with Crippen LogP contribution in [0.5, 0.6) is 5.75 Å². The Kier molecular flexibility index (Phi) is 3.60. The molecule has 2 nitrogen and oxygen atoms in total. The summed E-state index contributed by atoms with van der Waals surface area (Å²) < 4.78 is 5.40. The normalized spacial score (nSPS) is 19.9. The molecule has 0 amide bonds. The van der Waals surface area contributed by atoms with Crippen molar-refractivity contribution in [2.24, 2.45) is 11.8 Å². The molecule has 1 aromatic rings. The SMILES string of the molecule is COc1cccc2c1NCC2C(C)CC(C)C. The molecule has 1 aliphatic heterocycles. The van der Waals surface area contributed by atoms with E-state index in [4.69, 9.17) is 4.74 Å². The number of hydrogen-bond donors (Lipinski definition) is 1. The molecular formula is C15H23NO. The van der Waals surface area contributed by atoms with Crippen molar-refractivity contribution in [3.8, 4) is 5.75 Å². The Bertz CT molecular complexity index is 387. The van der Waals surface area contributed by atoms with Crippen LogP contribution in [0.1, 0.15) is 38.7 Å². The summed E-state index contributed by atoms with van der Waals surface area (Å²) in [5.74, 6) is 3.08. The minimum atomic E-state index is 0.627. The number of benzene rings is 1. The fourth-order valence-electron chi connectivity index (χ4n) is 2.95. The Morgan fingerprint density at radius 1 is 1.35 bits per heavy atom. The third-order valence-electron chi connectivity index (χ3n) is 3.71. The molecule has 2 atom stereocenters. The monoisotopic (exact) mass is 233 g/mol. The molecule has 0 radical (unpaired) electrons. The first-order valence-electron chi connectivity index (χ1n) is 6.54. The molecular weight excluding hydrogens is 210 g/mol. The fourth-order valence-corrected chi connectivity index (χ4v) is 2.95. The zero-order valence-corrected chi connectivity index (χ0v) is 11.3. The van der Waals surface area contributed by atoms with Crippen LogP contribution in [-0.4, -0.2) is 13.7 Å². The summed E-state index contributed by atoms with van der Waals surface area (Å²) in [6, 6.07) is 6.36. The second-order valence-corrected chi connectivity index (χ2v) is 5.52. The van der Waals surface area contributed by atoms with Gasteiger partial charge in [-0.3, -0.25) is 0 Å². The maximum absolute atomic E-state index is 5.40. The van der Waals surface area contributed by atoms with Crippen molar-refractivity contribution in [2.75, 3.05) is 19.0 Å². The van der Waals surface area contributed by atoms with E-state index in [0.29, 0.717) is 5.92 Å². The third-order valence-corrected chi connectivity index (χ3v) is 3.71. The smallest absolute Gasteiger partial charge is 0.142 e. The molecule has 0 spiro atoms. The van der Waals surface area contributed by atoms with Gasteiger partial charge in [0.1, 0.15) is 5.75 Å². The average molecular weight is 233 g/mol. The second kappa shape index (κ2) is 4.99. The highest BCUT2D eigenvalue weighted by Crippen LogP contribution is 2.42. The first-order chi connectivity index (χ1) is 8.13.